The van der Waals surface area contributed by atoms with E-state index >= 15 is 0 Å². The van der Waals surface area contributed by atoms with Crippen molar-refractivity contribution in [2.24, 2.45) is 0 Å². The van der Waals surface area contributed by atoms with Gasteiger partial charge in [0.2, 0.25) is 6.29 Å². The van der Waals surface area contributed by atoms with Crippen molar-refractivity contribution < 1.29 is 9.47 Å². The second kappa shape index (κ2) is 12.5. The Morgan fingerprint density at radius 1 is 1.05 bits per heavy atom. The molecule has 6 heteroatoms. The van der Waals surface area contributed by atoms with E-state index in [1.165, 1.54) is 5.56 Å². The highest BCUT2D eigenvalue weighted by atomic mass is 32.2. The normalized spacial score (nSPS) is 9.68. The number of hydrogen-bond donors (Lipinski definition) is 0. The summed E-state index contributed by atoms with van der Waals surface area (Å²) in [5, 5.41) is 0.723. The molecule has 1 unspecified atom stereocenters. The molecule has 122 valence electrons. The average Bonchev–Trinajstić information content (AvgIpc) is 2.57. The predicted octanol–water partition coefficient (Wildman–Crippen LogP) is 4.14. The summed E-state index contributed by atoms with van der Waals surface area (Å²) in [6, 6.07) is 12.0. The monoisotopic (exact) mass is 340 g/mol. The first-order chi connectivity index (χ1) is 10.3. The molecular formula is C16H25N2O2PS. The fourth-order valence-electron chi connectivity index (χ4n) is 1.61. The standard InChI is InChI=1S/C14H16N2O2S.C2H6.H3P/c1-17-13(18-2)12-8-9-15-14(16-12)19-10-11-6-4-3-5-7-11;1-2;/h3-9,13H,10H2,1-2H3;1-2H3;1H3. The van der Waals surface area contributed by atoms with Gasteiger partial charge < -0.3 is 9.47 Å². The zero-order valence-electron chi connectivity index (χ0n) is 13.7. The molecule has 0 bridgehead atoms. The molecule has 0 fully saturated rings. The van der Waals surface area contributed by atoms with Crippen LogP contribution in [0.4, 0.5) is 0 Å². The third kappa shape index (κ3) is 6.84. The Hall–Kier alpha value is -1.00. The highest BCUT2D eigenvalue weighted by Crippen LogP contribution is 2.21. The molecule has 0 N–H and O–H groups in total. The van der Waals surface area contributed by atoms with E-state index in [2.05, 4.69) is 22.1 Å². The van der Waals surface area contributed by atoms with Gasteiger partial charge >= 0.3 is 0 Å². The van der Waals surface area contributed by atoms with E-state index in [-0.39, 0.29) is 9.90 Å². The Balaban J connectivity index is 0.00000141. The second-order valence-corrected chi connectivity index (χ2v) is 4.78. The summed E-state index contributed by atoms with van der Waals surface area (Å²) >= 11 is 1.59. The number of ether oxygens (including phenoxy) is 2. The van der Waals surface area contributed by atoms with Crippen LogP contribution in [0.25, 0.3) is 0 Å². The molecule has 0 amide bonds. The van der Waals surface area contributed by atoms with E-state index in [1.807, 2.05) is 32.0 Å². The SMILES string of the molecule is CC.COC(OC)c1ccnc(SCc2ccccc2)n1.P. The van der Waals surface area contributed by atoms with Crippen LogP contribution in [0.5, 0.6) is 0 Å². The van der Waals surface area contributed by atoms with E-state index < -0.39 is 6.29 Å². The first kappa shape index (κ1) is 21.0. The number of hydrogen-bond acceptors (Lipinski definition) is 5. The van der Waals surface area contributed by atoms with Gasteiger partial charge in [0.1, 0.15) is 5.69 Å². The maximum absolute atomic E-state index is 5.18. The maximum Gasteiger partial charge on any atom is 0.200 e. The Morgan fingerprint density at radius 3 is 2.27 bits per heavy atom. The zero-order chi connectivity index (χ0) is 15.5. The van der Waals surface area contributed by atoms with Crippen LogP contribution in [-0.2, 0) is 15.2 Å². The van der Waals surface area contributed by atoms with E-state index in [9.17, 15) is 0 Å². The van der Waals surface area contributed by atoms with Crippen molar-refractivity contribution in [2.45, 2.75) is 31.0 Å². The summed E-state index contributed by atoms with van der Waals surface area (Å²) < 4.78 is 10.4. The quantitative estimate of drug-likeness (QED) is 0.342. The number of rotatable bonds is 6. The molecule has 1 aromatic heterocycles. The molecule has 0 saturated heterocycles. The van der Waals surface area contributed by atoms with Gasteiger partial charge in [0.25, 0.3) is 0 Å². The summed E-state index contributed by atoms with van der Waals surface area (Å²) in [6.07, 6.45) is 1.28. The van der Waals surface area contributed by atoms with Gasteiger partial charge in [-0.2, -0.15) is 9.90 Å². The van der Waals surface area contributed by atoms with Crippen molar-refractivity contribution in [1.29, 1.82) is 0 Å². The molecule has 4 nitrogen and oxygen atoms in total. The number of nitrogens with zero attached hydrogens (tertiary/aromatic N) is 2. The van der Waals surface area contributed by atoms with Gasteiger partial charge in [-0.3, -0.25) is 0 Å². The lowest BCUT2D eigenvalue weighted by Gasteiger charge is -2.12. The smallest absolute Gasteiger partial charge is 0.200 e. The topological polar surface area (TPSA) is 44.2 Å². The molecule has 2 aromatic rings. The van der Waals surface area contributed by atoms with Crippen LogP contribution in [-0.4, -0.2) is 24.2 Å². The zero-order valence-corrected chi connectivity index (χ0v) is 15.9. The number of thioether (sulfide) groups is 1. The molecule has 0 aliphatic rings. The molecule has 1 aromatic carbocycles. The Morgan fingerprint density at radius 2 is 1.68 bits per heavy atom. The fraction of sp³-hybridized carbons (Fsp3) is 0.375. The molecule has 2 rings (SSSR count). The largest absolute Gasteiger partial charge is 0.350 e. The summed E-state index contributed by atoms with van der Waals surface area (Å²) in [4.78, 5) is 8.68. The van der Waals surface area contributed by atoms with Gasteiger partial charge in [-0.1, -0.05) is 55.9 Å². The predicted molar refractivity (Wildman–Crippen MR) is 97.2 cm³/mol. The van der Waals surface area contributed by atoms with Crippen molar-refractivity contribution in [3.05, 3.63) is 53.9 Å². The fourth-order valence-corrected chi connectivity index (χ4v) is 2.41. The Bertz CT molecular complexity index is 511. The van der Waals surface area contributed by atoms with Crippen molar-refractivity contribution in [3.63, 3.8) is 0 Å². The maximum atomic E-state index is 5.18. The van der Waals surface area contributed by atoms with Gasteiger partial charge in [0, 0.05) is 26.2 Å². The van der Waals surface area contributed by atoms with Crippen LogP contribution >= 0.6 is 21.7 Å². The molecule has 0 aliphatic carbocycles. The lowest BCUT2D eigenvalue weighted by molar-refractivity contribution is -0.109. The molecule has 0 aliphatic heterocycles. The lowest BCUT2D eigenvalue weighted by atomic mass is 10.2. The highest BCUT2D eigenvalue weighted by Gasteiger charge is 2.11. The third-order valence-electron chi connectivity index (χ3n) is 2.54. The Labute approximate surface area is 140 Å². The molecule has 0 radical (unpaired) electrons. The molecule has 1 atom stereocenters. The minimum atomic E-state index is -0.445. The first-order valence-electron chi connectivity index (χ1n) is 6.88. The molecule has 0 saturated carbocycles. The third-order valence-corrected chi connectivity index (χ3v) is 3.47. The van der Waals surface area contributed by atoms with Crippen molar-refractivity contribution in [1.82, 2.24) is 9.97 Å². The van der Waals surface area contributed by atoms with Gasteiger partial charge in [0.05, 0.1) is 0 Å². The van der Waals surface area contributed by atoms with Gasteiger partial charge in [-0.25, -0.2) is 9.97 Å². The summed E-state index contributed by atoms with van der Waals surface area (Å²) in [7, 11) is 3.18. The summed E-state index contributed by atoms with van der Waals surface area (Å²) in [6.45, 7) is 4.00. The molecule has 1 heterocycles. The van der Waals surface area contributed by atoms with E-state index in [4.69, 9.17) is 9.47 Å². The summed E-state index contributed by atoms with van der Waals surface area (Å²) in [5.74, 6) is 0.842. The minimum Gasteiger partial charge on any atom is -0.350 e. The van der Waals surface area contributed by atoms with Gasteiger partial charge in [0.15, 0.2) is 5.16 Å². The van der Waals surface area contributed by atoms with Crippen LogP contribution in [0, 0.1) is 0 Å². The van der Waals surface area contributed by atoms with Gasteiger partial charge in [-0.05, 0) is 11.6 Å². The highest BCUT2D eigenvalue weighted by molar-refractivity contribution is 7.98. The van der Waals surface area contributed by atoms with Gasteiger partial charge in [-0.15, -0.1) is 0 Å². The van der Waals surface area contributed by atoms with E-state index in [0.29, 0.717) is 0 Å². The number of benzene rings is 1. The summed E-state index contributed by atoms with van der Waals surface area (Å²) in [5.41, 5.74) is 1.98. The lowest BCUT2D eigenvalue weighted by Crippen LogP contribution is -2.06. The number of methoxy groups -OCH3 is 2. The van der Waals surface area contributed by atoms with Crippen molar-refractivity contribution >= 4 is 21.7 Å². The second-order valence-electron chi connectivity index (χ2n) is 3.84. The first-order valence-corrected chi connectivity index (χ1v) is 7.87. The van der Waals surface area contributed by atoms with Crippen molar-refractivity contribution in [2.75, 3.05) is 14.2 Å². The number of aromatic nitrogens is 2. The average molecular weight is 340 g/mol. The van der Waals surface area contributed by atoms with Crippen LogP contribution in [0.2, 0.25) is 0 Å². The molecule has 22 heavy (non-hydrogen) atoms. The van der Waals surface area contributed by atoms with Crippen LogP contribution in [0.1, 0.15) is 31.4 Å². The Kier molecular flexibility index (Phi) is 12.0. The van der Waals surface area contributed by atoms with E-state index in [1.54, 1.807) is 38.2 Å². The van der Waals surface area contributed by atoms with E-state index in [0.717, 1.165) is 16.6 Å². The molecule has 0 spiro atoms. The van der Waals surface area contributed by atoms with Crippen LogP contribution in [0.15, 0.2) is 47.8 Å². The van der Waals surface area contributed by atoms with Crippen LogP contribution < -0.4 is 0 Å². The van der Waals surface area contributed by atoms with Crippen molar-refractivity contribution in [3.8, 4) is 0 Å². The van der Waals surface area contributed by atoms with Crippen LogP contribution in [0.3, 0.4) is 0 Å². The molecular weight excluding hydrogens is 315 g/mol. The minimum absolute atomic E-state index is 0.